The summed E-state index contributed by atoms with van der Waals surface area (Å²) in [5, 5.41) is 10.5. The lowest BCUT2D eigenvalue weighted by Gasteiger charge is -2.00. The van der Waals surface area contributed by atoms with Gasteiger partial charge in [-0.1, -0.05) is 18.2 Å². The minimum Gasteiger partial charge on any atom is -0.326 e. The van der Waals surface area contributed by atoms with E-state index in [1.165, 1.54) is 6.07 Å². The van der Waals surface area contributed by atoms with Gasteiger partial charge in [0, 0.05) is 36.3 Å². The number of aromatic amines is 1. The Morgan fingerprint density at radius 1 is 1.26 bits per heavy atom. The van der Waals surface area contributed by atoms with Crippen molar-refractivity contribution in [3.8, 4) is 11.3 Å². The third kappa shape index (κ3) is 4.09. The van der Waals surface area contributed by atoms with Crippen LogP contribution in [0.2, 0.25) is 0 Å². The second-order valence-corrected chi connectivity index (χ2v) is 5.96. The Kier molecular flexibility index (Phi) is 5.73. The van der Waals surface area contributed by atoms with E-state index >= 15 is 0 Å². The van der Waals surface area contributed by atoms with E-state index in [2.05, 4.69) is 20.5 Å². The number of nitrogens with zero attached hydrogens (tertiary/aromatic N) is 3. The van der Waals surface area contributed by atoms with E-state index < -0.39 is 0 Å². The molecule has 2 N–H and O–H groups in total. The van der Waals surface area contributed by atoms with Crippen molar-refractivity contribution in [1.29, 1.82) is 0 Å². The van der Waals surface area contributed by atoms with Gasteiger partial charge in [-0.3, -0.25) is 9.89 Å². The van der Waals surface area contributed by atoms with E-state index in [4.69, 9.17) is 0 Å². The number of pyridine rings is 1. The first-order chi connectivity index (χ1) is 13.1. The Balaban J connectivity index is 0.000000180. The molecule has 0 saturated heterocycles. The number of carbonyl (C=O) groups excluding carboxylic acids is 1. The summed E-state index contributed by atoms with van der Waals surface area (Å²) in [6.45, 7) is 0.590. The lowest BCUT2D eigenvalue weighted by atomic mass is 10.2. The second-order valence-electron chi connectivity index (χ2n) is 5.96. The van der Waals surface area contributed by atoms with Gasteiger partial charge in [0.25, 0.3) is 0 Å². The van der Waals surface area contributed by atoms with Gasteiger partial charge in [0.1, 0.15) is 11.5 Å². The van der Waals surface area contributed by atoms with Crippen LogP contribution in [0, 0.1) is 5.82 Å². The first-order valence-electron chi connectivity index (χ1n) is 8.43. The summed E-state index contributed by atoms with van der Waals surface area (Å²) in [5.74, 6) is -0.142. The highest BCUT2D eigenvalue weighted by Gasteiger charge is 2.08. The molecule has 0 spiro atoms. The van der Waals surface area contributed by atoms with Crippen LogP contribution in [0.1, 0.15) is 16.1 Å². The van der Waals surface area contributed by atoms with Crippen molar-refractivity contribution in [1.82, 2.24) is 25.1 Å². The summed E-state index contributed by atoms with van der Waals surface area (Å²) in [5.41, 5.74) is 3.90. The van der Waals surface area contributed by atoms with Crippen molar-refractivity contribution in [2.45, 2.75) is 6.54 Å². The van der Waals surface area contributed by atoms with Gasteiger partial charge in [-0.25, -0.2) is 9.37 Å². The molecule has 0 amide bonds. The zero-order valence-electron chi connectivity index (χ0n) is 15.1. The van der Waals surface area contributed by atoms with Crippen LogP contribution in [0.5, 0.6) is 0 Å². The maximum absolute atomic E-state index is 12.7. The van der Waals surface area contributed by atoms with Crippen molar-refractivity contribution in [3.63, 3.8) is 0 Å². The fourth-order valence-corrected chi connectivity index (χ4v) is 2.72. The predicted molar refractivity (Wildman–Crippen MR) is 103 cm³/mol. The fourth-order valence-electron chi connectivity index (χ4n) is 2.72. The summed E-state index contributed by atoms with van der Waals surface area (Å²) < 4.78 is 14.5. The van der Waals surface area contributed by atoms with Crippen molar-refractivity contribution in [2.75, 3.05) is 7.05 Å². The van der Waals surface area contributed by atoms with Crippen molar-refractivity contribution >= 4 is 17.3 Å². The van der Waals surface area contributed by atoms with Crippen LogP contribution in [0.25, 0.3) is 22.3 Å². The molecule has 0 atom stereocenters. The molecule has 0 unspecified atom stereocenters. The van der Waals surface area contributed by atoms with Gasteiger partial charge in [-0.15, -0.1) is 0 Å². The largest absolute Gasteiger partial charge is 0.326 e. The van der Waals surface area contributed by atoms with Crippen LogP contribution in [0.15, 0.2) is 54.9 Å². The molecule has 6 nitrogen and oxygen atoms in total. The second kappa shape index (κ2) is 8.37. The molecule has 0 aliphatic carbocycles. The Morgan fingerprint density at radius 3 is 2.74 bits per heavy atom. The first-order valence-corrected chi connectivity index (χ1v) is 8.43. The van der Waals surface area contributed by atoms with Gasteiger partial charge < -0.3 is 9.88 Å². The molecule has 27 heavy (non-hydrogen) atoms. The molecule has 0 saturated carbocycles. The van der Waals surface area contributed by atoms with E-state index in [9.17, 15) is 9.18 Å². The molecule has 1 aromatic carbocycles. The molecule has 4 rings (SSSR count). The summed E-state index contributed by atoms with van der Waals surface area (Å²) in [4.78, 5) is 15.4. The third-order valence-electron chi connectivity index (χ3n) is 4.15. The van der Waals surface area contributed by atoms with Gasteiger partial charge in [-0.2, -0.15) is 5.10 Å². The molecule has 3 heterocycles. The van der Waals surface area contributed by atoms with Crippen LogP contribution >= 0.6 is 0 Å². The number of nitrogens with one attached hydrogen (secondary N) is 2. The standard InChI is InChI=1S/C12H10N4O.C8H10FN/c1-16-10(7-17)4-8-2-3-11(15-12(8)16)9-5-13-14-6-9;1-10-6-7-4-2-3-5-8(7)9/h2-7H,1H3,(H,13,14);2-5,10H,6H2,1H3. The normalized spacial score (nSPS) is 10.5. The van der Waals surface area contributed by atoms with Gasteiger partial charge in [0.2, 0.25) is 0 Å². The number of aromatic nitrogens is 4. The Labute approximate surface area is 156 Å². The van der Waals surface area contributed by atoms with Crippen molar-refractivity contribution in [3.05, 3.63) is 71.9 Å². The molecule has 0 radical (unpaired) electrons. The van der Waals surface area contributed by atoms with Gasteiger partial charge >= 0.3 is 0 Å². The van der Waals surface area contributed by atoms with Crippen LogP contribution in [-0.4, -0.2) is 33.1 Å². The minimum atomic E-state index is -0.142. The number of hydrogen-bond acceptors (Lipinski definition) is 4. The number of halogens is 1. The molecule has 4 aromatic rings. The van der Waals surface area contributed by atoms with E-state index in [1.54, 1.807) is 36.1 Å². The molecule has 7 heteroatoms. The SMILES string of the molecule is CNCc1ccccc1F.Cn1c(C=O)cc2ccc(-c3cn[nH]c3)nc21. The number of hydrogen-bond donors (Lipinski definition) is 2. The van der Waals surface area contributed by atoms with Crippen LogP contribution in [-0.2, 0) is 13.6 Å². The Bertz CT molecular complexity index is 1040. The number of H-pyrrole nitrogens is 1. The fraction of sp³-hybridized carbons (Fsp3) is 0.150. The molecule has 0 bridgehead atoms. The highest BCUT2D eigenvalue weighted by atomic mass is 19.1. The summed E-state index contributed by atoms with van der Waals surface area (Å²) in [6, 6.07) is 12.5. The van der Waals surface area contributed by atoms with Gasteiger partial charge in [0.15, 0.2) is 6.29 Å². The van der Waals surface area contributed by atoms with Crippen LogP contribution in [0.4, 0.5) is 4.39 Å². The zero-order chi connectivity index (χ0) is 19.2. The van der Waals surface area contributed by atoms with E-state index in [0.717, 1.165) is 28.6 Å². The quantitative estimate of drug-likeness (QED) is 0.544. The lowest BCUT2D eigenvalue weighted by molar-refractivity contribution is 0.111. The van der Waals surface area contributed by atoms with Gasteiger partial charge in [0.05, 0.1) is 17.6 Å². The summed E-state index contributed by atoms with van der Waals surface area (Å²) in [7, 11) is 3.63. The molecule has 138 valence electrons. The lowest BCUT2D eigenvalue weighted by Crippen LogP contribution is -2.06. The monoisotopic (exact) mass is 365 g/mol. The zero-order valence-corrected chi connectivity index (χ0v) is 15.1. The average molecular weight is 365 g/mol. The number of aryl methyl sites for hydroxylation is 1. The van der Waals surface area contributed by atoms with Crippen LogP contribution < -0.4 is 5.32 Å². The Morgan fingerprint density at radius 2 is 2.07 bits per heavy atom. The number of rotatable bonds is 4. The maximum Gasteiger partial charge on any atom is 0.166 e. The number of carbonyl (C=O) groups is 1. The summed E-state index contributed by atoms with van der Waals surface area (Å²) >= 11 is 0. The molecular formula is C20H20FN5O. The highest BCUT2D eigenvalue weighted by molar-refractivity contribution is 5.87. The molecule has 0 aliphatic rings. The topological polar surface area (TPSA) is 75.6 Å². The van der Waals surface area contributed by atoms with Crippen LogP contribution in [0.3, 0.4) is 0 Å². The Hall–Kier alpha value is -3.32. The van der Waals surface area contributed by atoms with Crippen molar-refractivity contribution in [2.24, 2.45) is 7.05 Å². The molecule has 0 aliphatic heterocycles. The van der Waals surface area contributed by atoms with Crippen molar-refractivity contribution < 1.29 is 9.18 Å². The minimum absolute atomic E-state index is 0.142. The van der Waals surface area contributed by atoms with E-state index in [1.807, 2.05) is 31.3 Å². The number of benzene rings is 1. The molecular weight excluding hydrogens is 345 g/mol. The van der Waals surface area contributed by atoms with E-state index in [-0.39, 0.29) is 5.82 Å². The maximum atomic E-state index is 12.7. The number of aldehydes is 1. The number of fused-ring (bicyclic) bond motifs is 1. The van der Waals surface area contributed by atoms with Gasteiger partial charge in [-0.05, 0) is 31.3 Å². The molecule has 0 fully saturated rings. The first kappa shape index (κ1) is 18.5. The molecule has 3 aromatic heterocycles. The summed E-state index contributed by atoms with van der Waals surface area (Å²) in [6.07, 6.45) is 4.34. The van der Waals surface area contributed by atoms with E-state index in [0.29, 0.717) is 17.8 Å². The third-order valence-corrected chi connectivity index (χ3v) is 4.15. The smallest absolute Gasteiger partial charge is 0.166 e. The predicted octanol–water partition coefficient (Wildman–Crippen LogP) is 3.32. The highest BCUT2D eigenvalue weighted by Crippen LogP contribution is 2.21. The average Bonchev–Trinajstić information content (AvgIpc) is 3.32.